The van der Waals surface area contributed by atoms with Crippen molar-refractivity contribution < 1.29 is 4.79 Å². The van der Waals surface area contributed by atoms with Gasteiger partial charge >= 0.3 is 6.03 Å². The van der Waals surface area contributed by atoms with E-state index in [1.807, 2.05) is 42.5 Å². The third-order valence-electron chi connectivity index (χ3n) is 3.28. The molecule has 0 saturated carbocycles. The van der Waals surface area contributed by atoms with Crippen molar-refractivity contribution in [3.05, 3.63) is 60.7 Å². The quantitative estimate of drug-likeness (QED) is 0.495. The largest absolute Gasteiger partial charge is 0.399 e. The van der Waals surface area contributed by atoms with Gasteiger partial charge in [-0.1, -0.05) is 30.3 Å². The number of benzene rings is 3. The lowest BCUT2D eigenvalue weighted by molar-refractivity contribution is 0.259. The van der Waals surface area contributed by atoms with Crippen LogP contribution in [0.15, 0.2) is 70.9 Å². The Morgan fingerprint density at radius 1 is 0.913 bits per heavy atom. The second kappa shape index (κ2) is 6.15. The Balaban J connectivity index is 1.93. The Labute approximate surface area is 132 Å². The molecular formula is C17H15N5O. The average molecular weight is 305 g/mol. The van der Waals surface area contributed by atoms with Crippen molar-refractivity contribution in [1.82, 2.24) is 0 Å². The molecule has 0 aliphatic carbocycles. The summed E-state index contributed by atoms with van der Waals surface area (Å²) in [6, 6.07) is 18.1. The predicted octanol–water partition coefficient (Wildman–Crippen LogP) is 4.33. The van der Waals surface area contributed by atoms with Crippen molar-refractivity contribution >= 4 is 39.6 Å². The fourth-order valence-electron chi connectivity index (χ4n) is 2.22. The number of carbonyl (C=O) groups is 1. The lowest BCUT2D eigenvalue weighted by atomic mass is 10.1. The number of nitrogens with zero attached hydrogens (tertiary/aromatic N) is 2. The summed E-state index contributed by atoms with van der Waals surface area (Å²) in [4.78, 5) is 11.1. The number of amides is 2. The number of nitrogens with two attached hydrogens (primary N) is 2. The second-order valence-electron chi connectivity index (χ2n) is 5.00. The van der Waals surface area contributed by atoms with Crippen molar-refractivity contribution in [3.8, 4) is 0 Å². The number of nitrogens with one attached hydrogen (secondary N) is 1. The SMILES string of the molecule is NC(=O)Nc1cc(N)ccc1N=Nc1ccc2ccccc2c1. The number of hydrogen-bond donors (Lipinski definition) is 3. The number of carbonyl (C=O) groups excluding carboxylic acids is 1. The van der Waals surface area contributed by atoms with Gasteiger partial charge in [-0.15, -0.1) is 5.11 Å². The second-order valence-corrected chi connectivity index (χ2v) is 5.00. The topological polar surface area (TPSA) is 106 Å². The summed E-state index contributed by atoms with van der Waals surface area (Å²) in [5, 5.41) is 13.1. The lowest BCUT2D eigenvalue weighted by Gasteiger charge is -2.06. The molecule has 0 bridgehead atoms. The predicted molar refractivity (Wildman–Crippen MR) is 92.2 cm³/mol. The Morgan fingerprint density at radius 3 is 2.48 bits per heavy atom. The lowest BCUT2D eigenvalue weighted by Crippen LogP contribution is -2.19. The van der Waals surface area contributed by atoms with E-state index in [0.717, 1.165) is 10.8 Å². The summed E-state index contributed by atoms with van der Waals surface area (Å²) < 4.78 is 0. The zero-order valence-corrected chi connectivity index (χ0v) is 12.2. The molecule has 0 saturated heterocycles. The number of fused-ring (bicyclic) bond motifs is 1. The van der Waals surface area contributed by atoms with Crippen molar-refractivity contribution in [1.29, 1.82) is 0 Å². The summed E-state index contributed by atoms with van der Waals surface area (Å²) in [7, 11) is 0. The zero-order chi connectivity index (χ0) is 16.2. The summed E-state index contributed by atoms with van der Waals surface area (Å²) in [5.41, 5.74) is 13.0. The molecule has 23 heavy (non-hydrogen) atoms. The van der Waals surface area contributed by atoms with Crippen LogP contribution >= 0.6 is 0 Å². The van der Waals surface area contributed by atoms with E-state index in [1.54, 1.807) is 18.2 Å². The van der Waals surface area contributed by atoms with E-state index in [0.29, 0.717) is 22.7 Å². The number of primary amides is 1. The fraction of sp³-hybridized carbons (Fsp3) is 0. The number of rotatable bonds is 3. The van der Waals surface area contributed by atoms with E-state index < -0.39 is 6.03 Å². The summed E-state index contributed by atoms with van der Waals surface area (Å²) in [6.45, 7) is 0. The highest BCUT2D eigenvalue weighted by Gasteiger charge is 2.04. The molecule has 0 spiro atoms. The molecule has 114 valence electrons. The molecule has 0 unspecified atom stereocenters. The molecule has 0 aromatic heterocycles. The van der Waals surface area contributed by atoms with Crippen LogP contribution in [-0.2, 0) is 0 Å². The molecule has 3 rings (SSSR count). The molecule has 0 radical (unpaired) electrons. The molecule has 6 nitrogen and oxygen atoms in total. The van der Waals surface area contributed by atoms with Gasteiger partial charge < -0.3 is 16.8 Å². The van der Waals surface area contributed by atoms with Gasteiger partial charge in [0.05, 0.1) is 11.4 Å². The molecule has 3 aromatic rings. The first-order valence-electron chi connectivity index (χ1n) is 6.98. The molecule has 0 fully saturated rings. The van der Waals surface area contributed by atoms with E-state index in [9.17, 15) is 4.79 Å². The number of nitrogen functional groups attached to an aromatic ring is 1. The molecule has 3 aromatic carbocycles. The monoisotopic (exact) mass is 305 g/mol. The first-order chi connectivity index (χ1) is 11.1. The minimum absolute atomic E-state index is 0.419. The maximum atomic E-state index is 11.1. The molecule has 5 N–H and O–H groups in total. The number of azo groups is 1. The molecule has 0 heterocycles. The Hall–Kier alpha value is -3.41. The van der Waals surface area contributed by atoms with E-state index in [4.69, 9.17) is 11.5 Å². The van der Waals surface area contributed by atoms with Crippen LogP contribution < -0.4 is 16.8 Å². The van der Waals surface area contributed by atoms with E-state index in [2.05, 4.69) is 15.5 Å². The van der Waals surface area contributed by atoms with Gasteiger partial charge in [0, 0.05) is 5.69 Å². The van der Waals surface area contributed by atoms with E-state index >= 15 is 0 Å². The molecule has 0 aliphatic rings. The molecule has 2 amide bonds. The Bertz CT molecular complexity index is 904. The minimum Gasteiger partial charge on any atom is -0.399 e. The summed E-state index contributed by atoms with van der Waals surface area (Å²) in [5.74, 6) is 0. The Kier molecular flexibility index (Phi) is 3.88. The van der Waals surface area contributed by atoms with Crippen LogP contribution in [0.4, 0.5) is 27.5 Å². The van der Waals surface area contributed by atoms with Crippen molar-refractivity contribution in [2.45, 2.75) is 0 Å². The summed E-state index contributed by atoms with van der Waals surface area (Å²) >= 11 is 0. The maximum absolute atomic E-state index is 11.1. The van der Waals surface area contributed by atoms with Gasteiger partial charge in [0.15, 0.2) is 0 Å². The van der Waals surface area contributed by atoms with Crippen molar-refractivity contribution in [2.75, 3.05) is 11.1 Å². The summed E-state index contributed by atoms with van der Waals surface area (Å²) in [6.07, 6.45) is 0. The smallest absolute Gasteiger partial charge is 0.316 e. The molecule has 0 aliphatic heterocycles. The van der Waals surface area contributed by atoms with E-state index in [1.165, 1.54) is 0 Å². The van der Waals surface area contributed by atoms with Crippen molar-refractivity contribution in [3.63, 3.8) is 0 Å². The Morgan fingerprint density at radius 2 is 1.70 bits per heavy atom. The van der Waals surface area contributed by atoms with E-state index in [-0.39, 0.29) is 0 Å². The van der Waals surface area contributed by atoms with Crippen LogP contribution in [0.25, 0.3) is 10.8 Å². The van der Waals surface area contributed by atoms with Crippen LogP contribution in [-0.4, -0.2) is 6.03 Å². The highest BCUT2D eigenvalue weighted by Crippen LogP contribution is 2.29. The first kappa shape index (κ1) is 14.5. The highest BCUT2D eigenvalue weighted by atomic mass is 16.2. The first-order valence-corrected chi connectivity index (χ1v) is 6.98. The highest BCUT2D eigenvalue weighted by molar-refractivity contribution is 5.92. The normalized spacial score (nSPS) is 11.0. The molecule has 6 heteroatoms. The van der Waals surface area contributed by atoms with Gasteiger partial charge in [0.25, 0.3) is 0 Å². The van der Waals surface area contributed by atoms with Gasteiger partial charge in [-0.05, 0) is 41.1 Å². The third kappa shape index (κ3) is 3.44. The van der Waals surface area contributed by atoms with Crippen LogP contribution in [0, 0.1) is 0 Å². The van der Waals surface area contributed by atoms with Gasteiger partial charge in [0.2, 0.25) is 0 Å². The van der Waals surface area contributed by atoms with Gasteiger partial charge in [0.1, 0.15) is 5.69 Å². The standard InChI is InChI=1S/C17H15N5O/c18-13-6-8-15(16(10-13)20-17(19)23)22-21-14-7-5-11-3-1-2-4-12(11)9-14/h1-10H,18H2,(H3,19,20,23). The van der Waals surface area contributed by atoms with Gasteiger partial charge in [-0.25, -0.2) is 4.79 Å². The number of hydrogen-bond acceptors (Lipinski definition) is 4. The molecule has 0 atom stereocenters. The van der Waals surface area contributed by atoms with Crippen LogP contribution in [0.5, 0.6) is 0 Å². The minimum atomic E-state index is -0.683. The maximum Gasteiger partial charge on any atom is 0.316 e. The van der Waals surface area contributed by atoms with Crippen LogP contribution in [0.3, 0.4) is 0 Å². The van der Waals surface area contributed by atoms with Gasteiger partial charge in [-0.2, -0.15) is 5.11 Å². The molecular weight excluding hydrogens is 290 g/mol. The number of anilines is 2. The van der Waals surface area contributed by atoms with Gasteiger partial charge in [-0.3, -0.25) is 0 Å². The number of urea groups is 1. The zero-order valence-electron chi connectivity index (χ0n) is 12.2. The average Bonchev–Trinajstić information content (AvgIpc) is 2.53. The van der Waals surface area contributed by atoms with Crippen molar-refractivity contribution in [2.24, 2.45) is 16.0 Å². The third-order valence-corrected chi connectivity index (χ3v) is 3.28. The van der Waals surface area contributed by atoms with Crippen LogP contribution in [0.1, 0.15) is 0 Å². The van der Waals surface area contributed by atoms with Crippen LogP contribution in [0.2, 0.25) is 0 Å². The fourth-order valence-corrected chi connectivity index (χ4v) is 2.22.